The van der Waals surface area contributed by atoms with Gasteiger partial charge in [-0.3, -0.25) is 0 Å². The fourth-order valence-electron chi connectivity index (χ4n) is 3.02. The van der Waals surface area contributed by atoms with Gasteiger partial charge in [-0.15, -0.1) is 0 Å². The highest BCUT2D eigenvalue weighted by Gasteiger charge is 2.21. The van der Waals surface area contributed by atoms with E-state index in [2.05, 4.69) is 60.8 Å². The summed E-state index contributed by atoms with van der Waals surface area (Å²) < 4.78 is 0. The van der Waals surface area contributed by atoms with Crippen LogP contribution in [-0.4, -0.2) is 49.3 Å². The van der Waals surface area contributed by atoms with E-state index >= 15 is 0 Å². The van der Waals surface area contributed by atoms with E-state index in [0.717, 1.165) is 0 Å². The lowest BCUT2D eigenvalue weighted by molar-refractivity contribution is 0.131. The van der Waals surface area contributed by atoms with E-state index < -0.39 is 0 Å². The van der Waals surface area contributed by atoms with Crippen LogP contribution < -0.4 is 5.32 Å². The van der Waals surface area contributed by atoms with Crippen molar-refractivity contribution in [1.82, 2.24) is 10.2 Å². The molecular weight excluding hydrogens is 284 g/mol. The molecule has 0 aromatic heterocycles. The fraction of sp³-hybridized carbons (Fsp3) is 0.400. The van der Waals surface area contributed by atoms with Crippen molar-refractivity contribution in [3.8, 4) is 0 Å². The first-order valence-electron chi connectivity index (χ1n) is 8.24. The van der Waals surface area contributed by atoms with Gasteiger partial charge in [0.2, 0.25) is 0 Å². The van der Waals surface area contributed by atoms with Crippen molar-refractivity contribution in [1.29, 1.82) is 0 Å². The summed E-state index contributed by atoms with van der Waals surface area (Å²) in [5, 5.41) is 13.6. The van der Waals surface area contributed by atoms with E-state index in [0.29, 0.717) is 13.1 Å². The largest absolute Gasteiger partial charge is 0.390 e. The molecule has 3 nitrogen and oxygen atoms in total. The van der Waals surface area contributed by atoms with Crippen molar-refractivity contribution in [2.24, 2.45) is 0 Å². The Morgan fingerprint density at radius 1 is 0.913 bits per heavy atom. The number of likely N-dealkylation sites (N-methyl/N-ethyl adjacent to an activating group) is 1. The highest BCUT2D eigenvalue weighted by Crippen LogP contribution is 2.27. The molecule has 0 bridgehead atoms. The second-order valence-corrected chi connectivity index (χ2v) is 6.41. The summed E-state index contributed by atoms with van der Waals surface area (Å²) >= 11 is 0. The summed E-state index contributed by atoms with van der Waals surface area (Å²) in [6, 6.07) is 21.3. The Hall–Kier alpha value is -1.68. The number of hydrogen-bond acceptors (Lipinski definition) is 3. The Labute approximate surface area is 140 Å². The normalized spacial score (nSPS) is 14.2. The van der Waals surface area contributed by atoms with Crippen LogP contribution in [0.3, 0.4) is 0 Å². The van der Waals surface area contributed by atoms with Gasteiger partial charge < -0.3 is 15.3 Å². The maximum absolute atomic E-state index is 10.1. The molecule has 0 amide bonds. The van der Waals surface area contributed by atoms with Gasteiger partial charge in [0.25, 0.3) is 0 Å². The molecule has 0 aliphatic rings. The Kier molecular flexibility index (Phi) is 6.78. The van der Waals surface area contributed by atoms with Gasteiger partial charge in [0, 0.05) is 25.0 Å². The predicted molar refractivity (Wildman–Crippen MR) is 96.8 cm³/mol. The summed E-state index contributed by atoms with van der Waals surface area (Å²) in [6.07, 6.45) is -0.361. The molecule has 0 heterocycles. The predicted octanol–water partition coefficient (Wildman–Crippen LogP) is 2.72. The number of aliphatic hydroxyl groups excluding tert-OH is 1. The van der Waals surface area contributed by atoms with E-state index in [1.165, 1.54) is 11.1 Å². The Bertz CT molecular complexity index is 517. The third-order valence-corrected chi connectivity index (χ3v) is 4.07. The first kappa shape index (κ1) is 17.7. The topological polar surface area (TPSA) is 35.5 Å². The first-order chi connectivity index (χ1) is 11.1. The molecule has 0 spiro atoms. The molecule has 2 unspecified atom stereocenters. The molecule has 3 heteroatoms. The van der Waals surface area contributed by atoms with Crippen LogP contribution in [0.5, 0.6) is 0 Å². The van der Waals surface area contributed by atoms with Crippen LogP contribution in [0.2, 0.25) is 0 Å². The molecule has 0 radical (unpaired) electrons. The summed E-state index contributed by atoms with van der Waals surface area (Å²) in [4.78, 5) is 2.00. The summed E-state index contributed by atoms with van der Waals surface area (Å²) in [7, 11) is 3.95. The lowest BCUT2D eigenvalue weighted by Crippen LogP contribution is -2.41. The molecule has 2 atom stereocenters. The smallest absolute Gasteiger partial charge is 0.0791 e. The minimum Gasteiger partial charge on any atom is -0.390 e. The Morgan fingerprint density at radius 2 is 1.39 bits per heavy atom. The minimum absolute atomic E-state index is 0.233. The van der Waals surface area contributed by atoms with Crippen molar-refractivity contribution in [2.75, 3.05) is 27.2 Å². The molecule has 0 saturated carbocycles. The van der Waals surface area contributed by atoms with E-state index in [4.69, 9.17) is 0 Å². The van der Waals surface area contributed by atoms with Crippen LogP contribution in [0.25, 0.3) is 0 Å². The highest BCUT2D eigenvalue weighted by molar-refractivity contribution is 5.34. The van der Waals surface area contributed by atoms with Crippen molar-refractivity contribution >= 4 is 0 Å². The van der Waals surface area contributed by atoms with Crippen LogP contribution in [-0.2, 0) is 0 Å². The Balaban J connectivity index is 2.11. The maximum atomic E-state index is 10.1. The zero-order valence-corrected chi connectivity index (χ0v) is 14.3. The van der Waals surface area contributed by atoms with Crippen LogP contribution in [0.15, 0.2) is 60.7 Å². The number of benzene rings is 2. The molecule has 2 N–H and O–H groups in total. The molecule has 0 aliphatic heterocycles. The van der Waals surface area contributed by atoms with E-state index in [9.17, 15) is 5.11 Å². The number of hydrogen-bond donors (Lipinski definition) is 2. The number of rotatable bonds is 8. The van der Waals surface area contributed by atoms with Gasteiger partial charge in [-0.25, -0.2) is 0 Å². The van der Waals surface area contributed by atoms with Crippen molar-refractivity contribution in [3.05, 3.63) is 71.8 Å². The molecule has 0 saturated heterocycles. The van der Waals surface area contributed by atoms with Crippen LogP contribution >= 0.6 is 0 Å². The molecule has 2 rings (SSSR count). The highest BCUT2D eigenvalue weighted by atomic mass is 16.3. The van der Waals surface area contributed by atoms with Crippen molar-refractivity contribution in [3.63, 3.8) is 0 Å². The monoisotopic (exact) mass is 312 g/mol. The van der Waals surface area contributed by atoms with Crippen molar-refractivity contribution in [2.45, 2.75) is 25.0 Å². The van der Waals surface area contributed by atoms with Gasteiger partial charge in [-0.05, 0) is 32.1 Å². The molecule has 2 aromatic rings. The van der Waals surface area contributed by atoms with E-state index in [-0.39, 0.29) is 18.1 Å². The van der Waals surface area contributed by atoms with Gasteiger partial charge >= 0.3 is 0 Å². The van der Waals surface area contributed by atoms with Gasteiger partial charge in [-0.2, -0.15) is 0 Å². The minimum atomic E-state index is -0.361. The average molecular weight is 312 g/mol. The molecule has 124 valence electrons. The third kappa shape index (κ3) is 5.47. The van der Waals surface area contributed by atoms with Crippen LogP contribution in [0.1, 0.15) is 24.0 Å². The van der Waals surface area contributed by atoms with Crippen molar-refractivity contribution < 1.29 is 5.11 Å². The van der Waals surface area contributed by atoms with E-state index in [1.54, 1.807) is 0 Å². The number of aliphatic hydroxyl groups is 1. The summed E-state index contributed by atoms with van der Waals surface area (Å²) in [6.45, 7) is 3.45. The zero-order chi connectivity index (χ0) is 16.7. The number of nitrogens with zero attached hydrogens (tertiary/aromatic N) is 1. The molecular formula is C20H28N2O. The lowest BCUT2D eigenvalue weighted by Gasteiger charge is -2.27. The second kappa shape index (κ2) is 8.82. The Morgan fingerprint density at radius 3 is 1.83 bits per heavy atom. The second-order valence-electron chi connectivity index (χ2n) is 6.41. The van der Waals surface area contributed by atoms with Crippen LogP contribution in [0, 0.1) is 0 Å². The van der Waals surface area contributed by atoms with E-state index in [1.807, 2.05) is 31.1 Å². The fourth-order valence-corrected chi connectivity index (χ4v) is 3.02. The zero-order valence-electron chi connectivity index (χ0n) is 14.3. The molecule has 2 aromatic carbocycles. The molecule has 0 aliphatic carbocycles. The molecule has 0 fully saturated rings. The van der Waals surface area contributed by atoms with Gasteiger partial charge in [-0.1, -0.05) is 60.7 Å². The van der Waals surface area contributed by atoms with Gasteiger partial charge in [0.1, 0.15) is 0 Å². The molecule has 23 heavy (non-hydrogen) atoms. The lowest BCUT2D eigenvalue weighted by atomic mass is 9.86. The maximum Gasteiger partial charge on any atom is 0.0791 e. The van der Waals surface area contributed by atoms with Gasteiger partial charge in [0.15, 0.2) is 0 Å². The van der Waals surface area contributed by atoms with Gasteiger partial charge in [0.05, 0.1) is 6.10 Å². The SMILES string of the molecule is CC(NCC(O)CN(C)C)C(c1ccccc1)c1ccccc1. The third-order valence-electron chi connectivity index (χ3n) is 4.07. The summed E-state index contributed by atoms with van der Waals surface area (Å²) in [5.74, 6) is 0.268. The number of nitrogens with one attached hydrogen (secondary N) is 1. The first-order valence-corrected chi connectivity index (χ1v) is 8.24. The summed E-state index contributed by atoms with van der Waals surface area (Å²) in [5.41, 5.74) is 2.58. The average Bonchev–Trinajstić information content (AvgIpc) is 2.55. The quantitative estimate of drug-likeness (QED) is 0.787. The van der Waals surface area contributed by atoms with Crippen LogP contribution in [0.4, 0.5) is 0 Å². The standard InChI is InChI=1S/C20H28N2O/c1-16(21-14-19(23)15-22(2)3)20(17-10-6-4-7-11-17)18-12-8-5-9-13-18/h4-13,16,19-21,23H,14-15H2,1-3H3.